The second kappa shape index (κ2) is 8.90. The van der Waals surface area contributed by atoms with Gasteiger partial charge in [-0.15, -0.1) is 0 Å². The molecule has 1 aromatic carbocycles. The van der Waals surface area contributed by atoms with Crippen LogP contribution in [0.25, 0.3) is 0 Å². The van der Waals surface area contributed by atoms with Gasteiger partial charge in [0.05, 0.1) is 23.5 Å². The lowest BCUT2D eigenvalue weighted by Gasteiger charge is -2.21. The number of nitrogens with zero attached hydrogens (tertiary/aromatic N) is 1. The highest BCUT2D eigenvalue weighted by molar-refractivity contribution is 7.89. The van der Waals surface area contributed by atoms with E-state index in [4.69, 9.17) is 5.73 Å². The first-order valence-electron chi connectivity index (χ1n) is 8.95. The Morgan fingerprint density at radius 2 is 2.11 bits per heavy atom. The van der Waals surface area contributed by atoms with Crippen molar-refractivity contribution >= 4 is 21.7 Å². The first-order chi connectivity index (χ1) is 12.6. The fraction of sp³-hybridized carbons (Fsp3) is 0.556. The second-order valence-corrected chi connectivity index (χ2v) is 9.14. The zero-order valence-corrected chi connectivity index (χ0v) is 16.3. The summed E-state index contributed by atoms with van der Waals surface area (Å²) in [4.78, 5) is 24.5. The first kappa shape index (κ1) is 21.5. The van der Waals surface area contributed by atoms with E-state index in [1.807, 2.05) is 13.8 Å². The number of carbonyl (C=O) groups excluding carboxylic acids is 2. The highest BCUT2D eigenvalue weighted by Crippen LogP contribution is 2.20. The lowest BCUT2D eigenvalue weighted by atomic mass is 10.0. The first-order valence-corrected chi connectivity index (χ1v) is 10.4. The molecule has 1 aliphatic rings. The maximum atomic E-state index is 13.4. The van der Waals surface area contributed by atoms with E-state index in [1.54, 1.807) is 0 Å². The van der Waals surface area contributed by atoms with Gasteiger partial charge in [0.15, 0.2) is 5.78 Å². The number of ketones is 1. The largest absolute Gasteiger partial charge is 0.345 e. The van der Waals surface area contributed by atoms with Crippen molar-refractivity contribution in [2.75, 3.05) is 13.1 Å². The Labute approximate surface area is 159 Å². The number of sulfonamides is 1. The third kappa shape index (κ3) is 5.57. The number of Topliss-reactive ketones (excluding diaryl/α,β-unsaturated/α-hetero) is 1. The predicted octanol–water partition coefficient (Wildman–Crippen LogP) is 1.04. The van der Waals surface area contributed by atoms with Crippen molar-refractivity contribution in [3.63, 3.8) is 0 Å². The molecule has 2 atom stereocenters. The molecule has 0 saturated carbocycles. The summed E-state index contributed by atoms with van der Waals surface area (Å²) in [6.45, 7) is 3.64. The zero-order chi connectivity index (χ0) is 20.2. The Morgan fingerprint density at radius 1 is 1.41 bits per heavy atom. The van der Waals surface area contributed by atoms with Gasteiger partial charge >= 0.3 is 0 Å². The normalized spacial score (nSPS) is 20.3. The highest BCUT2D eigenvalue weighted by atomic mass is 32.2. The molecule has 1 heterocycles. The molecule has 0 spiro atoms. The average Bonchev–Trinajstić information content (AvgIpc) is 2.76. The van der Waals surface area contributed by atoms with E-state index in [0.29, 0.717) is 19.3 Å². The van der Waals surface area contributed by atoms with Crippen LogP contribution in [0.5, 0.6) is 0 Å². The lowest BCUT2D eigenvalue weighted by Crippen LogP contribution is -2.50. The molecular formula is C18H26FN3O4S. The van der Waals surface area contributed by atoms with Crippen molar-refractivity contribution < 1.29 is 22.4 Å². The summed E-state index contributed by atoms with van der Waals surface area (Å²) in [6, 6.07) is 3.18. The molecule has 1 saturated heterocycles. The molecule has 0 aromatic heterocycles. The molecule has 1 unspecified atom stereocenters. The third-order valence-corrected chi connectivity index (χ3v) is 6.27. The third-order valence-electron chi connectivity index (χ3n) is 4.43. The van der Waals surface area contributed by atoms with Gasteiger partial charge in [0.2, 0.25) is 15.9 Å². The Balaban J connectivity index is 2.08. The molecule has 0 bridgehead atoms. The van der Waals surface area contributed by atoms with E-state index in [0.717, 1.165) is 16.4 Å². The summed E-state index contributed by atoms with van der Waals surface area (Å²) in [7, 11) is -3.99. The molecule has 9 heteroatoms. The number of rotatable bonds is 6. The summed E-state index contributed by atoms with van der Waals surface area (Å²) in [6.07, 6.45) is 1.21. The number of nitrogens with two attached hydrogens (primary N) is 1. The van der Waals surface area contributed by atoms with E-state index in [2.05, 4.69) is 5.32 Å². The second-order valence-electron chi connectivity index (χ2n) is 7.20. The van der Waals surface area contributed by atoms with Crippen molar-refractivity contribution in [2.45, 2.75) is 50.1 Å². The molecule has 3 N–H and O–H groups in total. The van der Waals surface area contributed by atoms with Crippen molar-refractivity contribution in [1.29, 1.82) is 0 Å². The van der Waals surface area contributed by atoms with Gasteiger partial charge in [-0.1, -0.05) is 19.9 Å². The van der Waals surface area contributed by atoms with E-state index in [9.17, 15) is 22.4 Å². The summed E-state index contributed by atoms with van der Waals surface area (Å²) in [5, 5.41) is 2.64. The number of amides is 1. The fourth-order valence-electron chi connectivity index (χ4n) is 3.02. The van der Waals surface area contributed by atoms with Crippen molar-refractivity contribution in [3.05, 3.63) is 30.1 Å². The Hall–Kier alpha value is -1.84. The van der Waals surface area contributed by atoms with Crippen LogP contribution in [-0.4, -0.2) is 49.6 Å². The van der Waals surface area contributed by atoms with Gasteiger partial charge in [0.1, 0.15) is 5.82 Å². The standard InChI is InChI=1S/C18H26FN3O4S/c1-12(2)9-15(20)18(24)21-16-7-4-8-22(11-17(16)23)27(25,26)14-6-3-5-13(19)10-14/h3,5-6,10,12,15-16H,4,7-9,11,20H2,1-2H3,(H,21,24)/t15-,16?/m0/s1. The van der Waals surface area contributed by atoms with Crippen LogP contribution in [0.1, 0.15) is 33.1 Å². The van der Waals surface area contributed by atoms with Gasteiger partial charge in [0, 0.05) is 6.54 Å². The van der Waals surface area contributed by atoms with Crippen LogP contribution < -0.4 is 11.1 Å². The van der Waals surface area contributed by atoms with Gasteiger partial charge in [-0.2, -0.15) is 4.31 Å². The molecule has 1 aromatic rings. The van der Waals surface area contributed by atoms with Crippen LogP contribution in [-0.2, 0) is 19.6 Å². The van der Waals surface area contributed by atoms with Crippen molar-refractivity contribution in [1.82, 2.24) is 9.62 Å². The van der Waals surface area contributed by atoms with Crippen LogP contribution in [0.15, 0.2) is 29.2 Å². The van der Waals surface area contributed by atoms with Gasteiger partial charge in [-0.3, -0.25) is 9.59 Å². The minimum absolute atomic E-state index is 0.120. The molecule has 1 amide bonds. The van der Waals surface area contributed by atoms with Gasteiger partial charge in [-0.05, 0) is 43.4 Å². The van der Waals surface area contributed by atoms with Crippen LogP contribution in [0.3, 0.4) is 0 Å². The molecule has 27 heavy (non-hydrogen) atoms. The maximum absolute atomic E-state index is 13.4. The van der Waals surface area contributed by atoms with E-state index < -0.39 is 39.6 Å². The minimum Gasteiger partial charge on any atom is -0.345 e. The number of hydrogen-bond acceptors (Lipinski definition) is 5. The van der Waals surface area contributed by atoms with Gasteiger partial charge in [-0.25, -0.2) is 12.8 Å². The zero-order valence-electron chi connectivity index (χ0n) is 15.5. The Kier molecular flexibility index (Phi) is 7.07. The Bertz CT molecular complexity index is 798. The lowest BCUT2D eigenvalue weighted by molar-refractivity contribution is -0.128. The van der Waals surface area contributed by atoms with Crippen LogP contribution in [0.2, 0.25) is 0 Å². The molecule has 1 aliphatic heterocycles. The summed E-state index contributed by atoms with van der Waals surface area (Å²) >= 11 is 0. The average molecular weight is 399 g/mol. The van der Waals surface area contributed by atoms with Gasteiger partial charge in [0.25, 0.3) is 0 Å². The molecule has 1 fully saturated rings. The smallest absolute Gasteiger partial charge is 0.243 e. The van der Waals surface area contributed by atoms with Crippen molar-refractivity contribution in [2.24, 2.45) is 11.7 Å². The van der Waals surface area contributed by atoms with Crippen LogP contribution in [0, 0.1) is 11.7 Å². The maximum Gasteiger partial charge on any atom is 0.243 e. The minimum atomic E-state index is -3.99. The number of benzene rings is 1. The number of hydrogen-bond donors (Lipinski definition) is 2. The summed E-state index contributed by atoms with van der Waals surface area (Å²) in [5.41, 5.74) is 5.84. The molecule has 150 valence electrons. The van der Waals surface area contributed by atoms with Crippen molar-refractivity contribution in [3.8, 4) is 0 Å². The molecule has 2 rings (SSSR count). The molecular weight excluding hydrogens is 373 g/mol. The fourth-order valence-corrected chi connectivity index (χ4v) is 4.50. The van der Waals surface area contributed by atoms with Crippen LogP contribution in [0.4, 0.5) is 4.39 Å². The number of carbonyl (C=O) groups is 2. The van der Waals surface area contributed by atoms with E-state index in [1.165, 1.54) is 12.1 Å². The SMILES string of the molecule is CC(C)C[C@H](N)C(=O)NC1CCCN(S(=O)(=O)c2cccc(F)c2)CC1=O. The van der Waals surface area contributed by atoms with Gasteiger partial charge < -0.3 is 11.1 Å². The molecule has 7 nitrogen and oxygen atoms in total. The molecule has 0 aliphatic carbocycles. The quantitative estimate of drug-likeness (QED) is 0.743. The number of halogens is 1. The number of nitrogens with one attached hydrogen (secondary N) is 1. The highest BCUT2D eigenvalue weighted by Gasteiger charge is 2.33. The Morgan fingerprint density at radius 3 is 2.74 bits per heavy atom. The van der Waals surface area contributed by atoms with Crippen LogP contribution >= 0.6 is 0 Å². The molecule has 0 radical (unpaired) electrons. The van der Waals surface area contributed by atoms with E-state index in [-0.39, 0.29) is 23.9 Å². The van der Waals surface area contributed by atoms with E-state index >= 15 is 0 Å². The summed E-state index contributed by atoms with van der Waals surface area (Å²) in [5.74, 6) is -1.25. The predicted molar refractivity (Wildman–Crippen MR) is 98.8 cm³/mol. The topological polar surface area (TPSA) is 110 Å². The summed E-state index contributed by atoms with van der Waals surface area (Å²) < 4.78 is 39.8. The monoisotopic (exact) mass is 399 g/mol.